The first-order valence-electron chi connectivity index (χ1n) is 10.7. The molecule has 3 heterocycles. The van der Waals surface area contributed by atoms with Gasteiger partial charge in [-0.05, 0) is 29.8 Å². The van der Waals surface area contributed by atoms with Crippen molar-refractivity contribution in [3.05, 3.63) is 77.6 Å². The number of benzene rings is 2. The van der Waals surface area contributed by atoms with Gasteiger partial charge in [-0.25, -0.2) is 0 Å². The highest BCUT2D eigenvalue weighted by Crippen LogP contribution is 2.32. The predicted octanol–water partition coefficient (Wildman–Crippen LogP) is 2.54. The van der Waals surface area contributed by atoms with Gasteiger partial charge in [-0.3, -0.25) is 9.59 Å². The zero-order chi connectivity index (χ0) is 24.7. The third kappa shape index (κ3) is 4.25. The molecule has 0 N–H and O–H groups in total. The van der Waals surface area contributed by atoms with E-state index < -0.39 is 22.7 Å². The van der Waals surface area contributed by atoms with Crippen LogP contribution in [-0.2, 0) is 32.7 Å². The number of likely N-dealkylation sites (tertiary alicyclic amines) is 1. The number of aromatic nitrogens is 2. The molecule has 2 amide bonds. The minimum Gasteiger partial charge on any atom is -0.435 e. The minimum atomic E-state index is -4.07. The van der Waals surface area contributed by atoms with Gasteiger partial charge in [-0.15, -0.1) is 0 Å². The molecular formula is C23H20F2N4O5S. The van der Waals surface area contributed by atoms with Gasteiger partial charge in [-0.1, -0.05) is 30.3 Å². The fourth-order valence-electron chi connectivity index (χ4n) is 4.18. The molecular weight excluding hydrogens is 482 g/mol. The van der Waals surface area contributed by atoms with Crippen molar-refractivity contribution in [1.29, 1.82) is 0 Å². The molecule has 0 bridgehead atoms. The molecule has 0 radical (unpaired) electrons. The molecule has 1 aromatic heterocycles. The van der Waals surface area contributed by atoms with Gasteiger partial charge >= 0.3 is 6.61 Å². The first-order valence-corrected chi connectivity index (χ1v) is 12.2. The minimum absolute atomic E-state index is 0.0922. The second-order valence-corrected chi connectivity index (χ2v) is 9.97. The second-order valence-electron chi connectivity index (χ2n) is 8.17. The number of hydrogen-bond donors (Lipinski definition) is 0. The van der Waals surface area contributed by atoms with Gasteiger partial charge in [-0.2, -0.15) is 26.4 Å². The third-order valence-corrected chi connectivity index (χ3v) is 7.56. The normalized spacial score (nSPS) is 16.3. The summed E-state index contributed by atoms with van der Waals surface area (Å²) in [5.74, 6) is -0.513. The number of amides is 2. The van der Waals surface area contributed by atoms with Crippen LogP contribution in [0.3, 0.4) is 0 Å². The lowest BCUT2D eigenvalue weighted by atomic mass is 10.00. The molecule has 182 valence electrons. The molecule has 0 unspecified atom stereocenters. The summed E-state index contributed by atoms with van der Waals surface area (Å²) in [4.78, 5) is 28.5. The van der Waals surface area contributed by atoms with Gasteiger partial charge < -0.3 is 14.5 Å². The Hall–Kier alpha value is -3.80. The van der Waals surface area contributed by atoms with Crippen molar-refractivity contribution in [3.8, 4) is 5.75 Å². The number of rotatable bonds is 7. The number of fused-ring (bicyclic) bond motifs is 1. The highest BCUT2D eigenvalue weighted by molar-refractivity contribution is 7.89. The maximum absolute atomic E-state index is 13.4. The summed E-state index contributed by atoms with van der Waals surface area (Å²) in [5, 5.41) is 4.17. The lowest BCUT2D eigenvalue weighted by molar-refractivity contribution is -0.153. The number of halogens is 2. The summed E-state index contributed by atoms with van der Waals surface area (Å²) in [6, 6.07) is 12.9. The summed E-state index contributed by atoms with van der Waals surface area (Å²) < 4.78 is 55.6. The molecule has 1 atom stereocenters. The van der Waals surface area contributed by atoms with Crippen LogP contribution in [0.2, 0.25) is 0 Å². The monoisotopic (exact) mass is 502 g/mol. The van der Waals surface area contributed by atoms with Gasteiger partial charge in [0.05, 0.1) is 17.1 Å². The number of β-lactam (4-membered cyclic amide) rings is 1. The van der Waals surface area contributed by atoms with E-state index in [-0.39, 0.29) is 35.5 Å². The van der Waals surface area contributed by atoms with E-state index in [1.54, 1.807) is 34.1 Å². The van der Waals surface area contributed by atoms with E-state index in [4.69, 9.17) is 0 Å². The molecule has 0 spiro atoms. The number of carbonyl (C=O) groups is 2. The van der Waals surface area contributed by atoms with Crippen molar-refractivity contribution in [1.82, 2.24) is 19.0 Å². The Bertz CT molecular complexity index is 1350. The van der Waals surface area contributed by atoms with Gasteiger partial charge in [0.1, 0.15) is 11.8 Å². The van der Waals surface area contributed by atoms with Crippen LogP contribution in [-0.4, -0.2) is 52.4 Å². The Morgan fingerprint density at radius 1 is 1.03 bits per heavy atom. The van der Waals surface area contributed by atoms with Crippen LogP contribution in [0.1, 0.15) is 29.3 Å². The predicted molar refractivity (Wildman–Crippen MR) is 118 cm³/mol. The lowest BCUT2D eigenvalue weighted by Gasteiger charge is -2.39. The van der Waals surface area contributed by atoms with E-state index in [0.29, 0.717) is 29.8 Å². The fourth-order valence-corrected chi connectivity index (χ4v) is 5.34. The van der Waals surface area contributed by atoms with Crippen LogP contribution < -0.4 is 4.74 Å². The van der Waals surface area contributed by atoms with E-state index in [1.165, 1.54) is 6.20 Å². The highest BCUT2D eigenvalue weighted by Gasteiger charge is 2.40. The maximum Gasteiger partial charge on any atom is 0.387 e. The van der Waals surface area contributed by atoms with Crippen LogP contribution in [0.25, 0.3) is 0 Å². The smallest absolute Gasteiger partial charge is 0.387 e. The first kappa shape index (κ1) is 23.0. The van der Waals surface area contributed by atoms with Crippen LogP contribution in [0, 0.1) is 0 Å². The molecule has 12 heteroatoms. The number of alkyl halides is 2. The average molecular weight is 502 g/mol. The SMILES string of the molecule is O=C([C@H](c1ccccc1)N1CCC1=O)N1Cc2cn(S(=O)(=O)c3ccc(OC(F)F)cc3)nc2C1. The molecule has 1 saturated heterocycles. The van der Waals surface area contributed by atoms with Crippen LogP contribution in [0.4, 0.5) is 8.78 Å². The summed E-state index contributed by atoms with van der Waals surface area (Å²) in [5.41, 5.74) is 1.71. The molecule has 2 aromatic carbocycles. The Morgan fingerprint density at radius 2 is 1.74 bits per heavy atom. The molecule has 5 rings (SSSR count). The average Bonchev–Trinajstić information content (AvgIpc) is 3.42. The van der Waals surface area contributed by atoms with E-state index in [1.807, 2.05) is 6.07 Å². The number of carbonyl (C=O) groups excluding carboxylic acids is 2. The number of hydrogen-bond acceptors (Lipinski definition) is 6. The zero-order valence-corrected chi connectivity index (χ0v) is 19.1. The summed E-state index contributed by atoms with van der Waals surface area (Å²) >= 11 is 0. The van der Waals surface area contributed by atoms with E-state index in [0.717, 1.165) is 28.4 Å². The van der Waals surface area contributed by atoms with Crippen LogP contribution in [0.15, 0.2) is 65.7 Å². The highest BCUT2D eigenvalue weighted by atomic mass is 32.2. The standard InChI is InChI=1S/C23H20F2N4O5S/c24-23(25)34-17-6-8-18(9-7-17)35(32,33)29-13-16-12-27(14-19(16)26-29)22(31)21(28-11-10-20(28)30)15-4-2-1-3-5-15/h1-9,13,21,23H,10-12,14H2/t21-/m0/s1. The van der Waals surface area contributed by atoms with Crippen molar-refractivity contribution >= 4 is 21.8 Å². The van der Waals surface area contributed by atoms with Gasteiger partial charge in [0.25, 0.3) is 15.9 Å². The molecule has 2 aliphatic rings. The maximum atomic E-state index is 13.4. The van der Waals surface area contributed by atoms with Crippen LogP contribution in [0.5, 0.6) is 5.75 Å². The van der Waals surface area contributed by atoms with Crippen molar-refractivity contribution in [2.75, 3.05) is 6.54 Å². The molecule has 0 aliphatic carbocycles. The first-order chi connectivity index (χ1) is 16.7. The third-order valence-electron chi connectivity index (χ3n) is 6.01. The van der Waals surface area contributed by atoms with E-state index >= 15 is 0 Å². The van der Waals surface area contributed by atoms with Crippen molar-refractivity contribution < 1.29 is 31.5 Å². The lowest BCUT2D eigenvalue weighted by Crippen LogP contribution is -2.51. The largest absolute Gasteiger partial charge is 0.435 e. The fraction of sp³-hybridized carbons (Fsp3) is 0.261. The van der Waals surface area contributed by atoms with Crippen molar-refractivity contribution in [2.24, 2.45) is 0 Å². The number of nitrogens with zero attached hydrogens (tertiary/aromatic N) is 4. The summed E-state index contributed by atoms with van der Waals surface area (Å²) in [7, 11) is -4.07. The zero-order valence-electron chi connectivity index (χ0n) is 18.3. The Morgan fingerprint density at radius 3 is 2.31 bits per heavy atom. The molecule has 3 aromatic rings. The van der Waals surface area contributed by atoms with Crippen molar-refractivity contribution in [3.63, 3.8) is 0 Å². The molecule has 0 saturated carbocycles. The summed E-state index contributed by atoms with van der Waals surface area (Å²) in [6.45, 7) is -2.27. The summed E-state index contributed by atoms with van der Waals surface area (Å²) in [6.07, 6.45) is 1.74. The second kappa shape index (κ2) is 8.77. The molecule has 2 aliphatic heterocycles. The van der Waals surface area contributed by atoms with Crippen molar-refractivity contribution in [2.45, 2.75) is 37.1 Å². The molecule has 35 heavy (non-hydrogen) atoms. The molecule has 1 fully saturated rings. The Labute approximate surface area is 199 Å². The van der Waals surface area contributed by atoms with Crippen LogP contribution >= 0.6 is 0 Å². The van der Waals surface area contributed by atoms with Gasteiger partial charge in [0, 0.05) is 31.3 Å². The quantitative estimate of drug-likeness (QED) is 0.460. The van der Waals surface area contributed by atoms with E-state index in [2.05, 4.69) is 9.84 Å². The van der Waals surface area contributed by atoms with Gasteiger partial charge in [0.2, 0.25) is 5.91 Å². The number of ether oxygens (including phenoxy) is 1. The van der Waals surface area contributed by atoms with Gasteiger partial charge in [0.15, 0.2) is 0 Å². The van der Waals surface area contributed by atoms with E-state index in [9.17, 15) is 26.8 Å². The molecule has 9 nitrogen and oxygen atoms in total. The Kier molecular flexibility index (Phi) is 5.75. The topological polar surface area (TPSA) is 102 Å². The Balaban J connectivity index is 1.34.